The van der Waals surface area contributed by atoms with Gasteiger partial charge in [-0.25, -0.2) is 0 Å². The molecule has 24 heavy (non-hydrogen) atoms. The van der Waals surface area contributed by atoms with E-state index in [1.165, 1.54) is 19.3 Å². The Balaban J connectivity index is 1.63. The normalized spacial score (nSPS) is 16.0. The van der Waals surface area contributed by atoms with E-state index in [2.05, 4.69) is 24.1 Å². The van der Waals surface area contributed by atoms with Crippen molar-refractivity contribution < 1.29 is 9.53 Å². The molecule has 134 valence electrons. The van der Waals surface area contributed by atoms with Gasteiger partial charge < -0.3 is 10.1 Å². The highest BCUT2D eigenvalue weighted by Crippen LogP contribution is 2.20. The molecule has 0 atom stereocenters. The summed E-state index contributed by atoms with van der Waals surface area (Å²) < 4.78 is 5.74. The minimum atomic E-state index is 0.0354. The van der Waals surface area contributed by atoms with Crippen LogP contribution < -0.4 is 10.1 Å². The number of benzene rings is 1. The fourth-order valence-corrected chi connectivity index (χ4v) is 3.15. The zero-order chi connectivity index (χ0) is 17.4. The number of carbonyl (C=O) groups is 1. The van der Waals surface area contributed by atoms with E-state index in [1.807, 2.05) is 31.2 Å². The molecule has 0 unspecified atom stereocenters. The second kappa shape index (κ2) is 9.07. The molecule has 4 heteroatoms. The molecule has 4 nitrogen and oxygen atoms in total. The number of hydrogen-bond acceptors (Lipinski definition) is 3. The zero-order valence-electron chi connectivity index (χ0n) is 15.4. The Morgan fingerprint density at radius 2 is 1.92 bits per heavy atom. The third-order valence-electron chi connectivity index (χ3n) is 4.83. The number of carbonyl (C=O) groups excluding carboxylic acids is 1. The highest BCUT2D eigenvalue weighted by atomic mass is 16.5. The Bertz CT molecular complexity index is 522. The van der Waals surface area contributed by atoms with Crippen molar-refractivity contribution in [1.82, 2.24) is 10.2 Å². The van der Waals surface area contributed by atoms with Crippen molar-refractivity contribution in [2.45, 2.75) is 58.4 Å². The van der Waals surface area contributed by atoms with Crippen LogP contribution in [0.5, 0.6) is 5.75 Å². The lowest BCUT2D eigenvalue weighted by molar-refractivity contribution is -0.121. The molecule has 1 fully saturated rings. The van der Waals surface area contributed by atoms with Gasteiger partial charge in [-0.15, -0.1) is 0 Å². The Labute approximate surface area is 146 Å². The lowest BCUT2D eigenvalue weighted by atomic mass is 9.98. The van der Waals surface area contributed by atoms with Crippen LogP contribution in [-0.4, -0.2) is 42.6 Å². The number of para-hydroxylation sites is 1. The van der Waals surface area contributed by atoms with Crippen molar-refractivity contribution in [3.63, 3.8) is 0 Å². The van der Waals surface area contributed by atoms with Crippen LogP contribution in [0.4, 0.5) is 0 Å². The lowest BCUT2D eigenvalue weighted by Crippen LogP contribution is -2.53. The predicted octanol–water partition coefficient (Wildman–Crippen LogP) is 3.53. The molecule has 1 N–H and O–H groups in total. The average molecular weight is 332 g/mol. The van der Waals surface area contributed by atoms with Gasteiger partial charge in [0.2, 0.25) is 5.91 Å². The number of piperidine rings is 1. The molecule has 0 bridgehead atoms. The van der Waals surface area contributed by atoms with Crippen LogP contribution in [0.2, 0.25) is 0 Å². The van der Waals surface area contributed by atoms with Gasteiger partial charge in [0.1, 0.15) is 5.75 Å². The van der Waals surface area contributed by atoms with Gasteiger partial charge >= 0.3 is 0 Å². The molecular weight excluding hydrogens is 300 g/mol. The van der Waals surface area contributed by atoms with Gasteiger partial charge in [0.15, 0.2) is 0 Å². The molecule has 1 aliphatic heterocycles. The molecular formula is C20H32N2O2. The van der Waals surface area contributed by atoms with Crippen LogP contribution in [-0.2, 0) is 4.79 Å². The van der Waals surface area contributed by atoms with E-state index in [9.17, 15) is 4.79 Å². The number of ether oxygens (including phenoxy) is 1. The third-order valence-corrected chi connectivity index (χ3v) is 4.83. The minimum Gasteiger partial charge on any atom is -0.493 e. The molecule has 0 saturated carbocycles. The van der Waals surface area contributed by atoms with Crippen molar-refractivity contribution in [2.75, 3.05) is 26.2 Å². The SMILES string of the molecule is Cc1ccccc1OCCCC(=O)NCC(C)(C)N1CCCCC1. The second-order valence-electron chi connectivity index (χ2n) is 7.35. The summed E-state index contributed by atoms with van der Waals surface area (Å²) in [6.45, 7) is 10.1. The molecule has 0 aromatic heterocycles. The first-order valence-corrected chi connectivity index (χ1v) is 9.19. The van der Waals surface area contributed by atoms with E-state index < -0.39 is 0 Å². The topological polar surface area (TPSA) is 41.6 Å². The van der Waals surface area contributed by atoms with Crippen LogP contribution >= 0.6 is 0 Å². The van der Waals surface area contributed by atoms with E-state index in [-0.39, 0.29) is 11.4 Å². The third kappa shape index (κ3) is 5.82. The van der Waals surface area contributed by atoms with Gasteiger partial charge in [-0.05, 0) is 64.8 Å². The van der Waals surface area contributed by atoms with Crippen LogP contribution in [0.1, 0.15) is 51.5 Å². The molecule has 2 rings (SSSR count). The molecule has 1 aromatic carbocycles. The first kappa shape index (κ1) is 18.8. The van der Waals surface area contributed by atoms with Crippen molar-refractivity contribution in [2.24, 2.45) is 0 Å². The highest BCUT2D eigenvalue weighted by molar-refractivity contribution is 5.75. The summed E-state index contributed by atoms with van der Waals surface area (Å²) in [5.41, 5.74) is 1.17. The van der Waals surface area contributed by atoms with Crippen molar-refractivity contribution in [3.05, 3.63) is 29.8 Å². The lowest BCUT2D eigenvalue weighted by Gasteiger charge is -2.41. The summed E-state index contributed by atoms with van der Waals surface area (Å²) in [7, 11) is 0. The Kier molecular flexibility index (Phi) is 7.10. The summed E-state index contributed by atoms with van der Waals surface area (Å²) in [5.74, 6) is 1.03. The number of hydrogen-bond donors (Lipinski definition) is 1. The predicted molar refractivity (Wildman–Crippen MR) is 98.4 cm³/mol. The van der Waals surface area contributed by atoms with Crippen molar-refractivity contribution >= 4 is 5.91 Å². The number of aryl methyl sites for hydroxylation is 1. The maximum atomic E-state index is 12.1. The smallest absolute Gasteiger partial charge is 0.220 e. The molecule has 1 saturated heterocycles. The van der Waals surface area contributed by atoms with E-state index >= 15 is 0 Å². The summed E-state index contributed by atoms with van der Waals surface area (Å²) in [6, 6.07) is 7.97. The molecule has 0 radical (unpaired) electrons. The van der Waals surface area contributed by atoms with E-state index in [4.69, 9.17) is 4.74 Å². The molecule has 0 aliphatic carbocycles. The molecule has 1 heterocycles. The number of nitrogens with zero attached hydrogens (tertiary/aromatic N) is 1. The van der Waals surface area contributed by atoms with E-state index in [0.717, 1.165) is 30.8 Å². The van der Waals surface area contributed by atoms with E-state index in [1.54, 1.807) is 0 Å². The fraction of sp³-hybridized carbons (Fsp3) is 0.650. The number of likely N-dealkylation sites (tertiary alicyclic amines) is 1. The highest BCUT2D eigenvalue weighted by Gasteiger charge is 2.28. The van der Waals surface area contributed by atoms with Crippen LogP contribution in [0, 0.1) is 6.92 Å². The maximum absolute atomic E-state index is 12.1. The summed E-state index contributed by atoms with van der Waals surface area (Å²) in [6.07, 6.45) is 5.13. The Morgan fingerprint density at radius 3 is 2.62 bits per heavy atom. The largest absolute Gasteiger partial charge is 0.493 e. The molecule has 1 aliphatic rings. The number of amides is 1. The van der Waals surface area contributed by atoms with Gasteiger partial charge in [-0.3, -0.25) is 9.69 Å². The van der Waals surface area contributed by atoms with Crippen molar-refractivity contribution in [3.8, 4) is 5.75 Å². The van der Waals surface area contributed by atoms with Gasteiger partial charge in [0.05, 0.1) is 6.61 Å². The van der Waals surface area contributed by atoms with Gasteiger partial charge in [-0.2, -0.15) is 0 Å². The minimum absolute atomic E-state index is 0.0354. The monoisotopic (exact) mass is 332 g/mol. The Morgan fingerprint density at radius 1 is 1.21 bits per heavy atom. The average Bonchev–Trinajstić information content (AvgIpc) is 2.59. The van der Waals surface area contributed by atoms with Crippen molar-refractivity contribution in [1.29, 1.82) is 0 Å². The zero-order valence-corrected chi connectivity index (χ0v) is 15.4. The second-order valence-corrected chi connectivity index (χ2v) is 7.35. The number of nitrogens with one attached hydrogen (secondary N) is 1. The molecule has 0 spiro atoms. The summed E-state index contributed by atoms with van der Waals surface area (Å²) in [4.78, 5) is 14.6. The first-order valence-electron chi connectivity index (χ1n) is 9.19. The van der Waals surface area contributed by atoms with Crippen LogP contribution in [0.3, 0.4) is 0 Å². The fourth-order valence-electron chi connectivity index (χ4n) is 3.15. The van der Waals surface area contributed by atoms with E-state index in [0.29, 0.717) is 19.6 Å². The number of rotatable bonds is 8. The van der Waals surface area contributed by atoms with Crippen LogP contribution in [0.15, 0.2) is 24.3 Å². The first-order chi connectivity index (χ1) is 11.5. The molecule has 1 aromatic rings. The van der Waals surface area contributed by atoms with Crippen LogP contribution in [0.25, 0.3) is 0 Å². The quantitative estimate of drug-likeness (QED) is 0.741. The van der Waals surface area contributed by atoms with Gasteiger partial charge in [0.25, 0.3) is 0 Å². The molecule has 1 amide bonds. The summed E-state index contributed by atoms with van der Waals surface area (Å²) >= 11 is 0. The standard InChI is InChI=1S/C20H32N2O2/c1-17-10-5-6-11-18(17)24-15-9-12-19(23)21-16-20(2,3)22-13-7-4-8-14-22/h5-6,10-11H,4,7-9,12-16H2,1-3H3,(H,21,23). The Hall–Kier alpha value is -1.55. The summed E-state index contributed by atoms with van der Waals surface area (Å²) in [5, 5.41) is 3.09. The van der Waals surface area contributed by atoms with Gasteiger partial charge in [-0.1, -0.05) is 24.6 Å². The van der Waals surface area contributed by atoms with Gasteiger partial charge in [0, 0.05) is 18.5 Å². The maximum Gasteiger partial charge on any atom is 0.220 e.